The number of aromatic hydroxyl groups is 1. The van der Waals surface area contributed by atoms with Crippen LogP contribution in [-0.4, -0.2) is 47.6 Å². The summed E-state index contributed by atoms with van der Waals surface area (Å²) in [6.07, 6.45) is 11.8. The number of hydrogen-bond donors (Lipinski definition) is 2. The molecule has 1 amide bonds. The number of piperidine rings is 1. The molecule has 2 aromatic rings. The highest BCUT2D eigenvalue weighted by atomic mass is 16.5. The Morgan fingerprint density at radius 1 is 1.16 bits per heavy atom. The molecule has 0 unspecified atom stereocenters. The van der Waals surface area contributed by atoms with Crippen LogP contribution in [0.15, 0.2) is 54.6 Å². The van der Waals surface area contributed by atoms with E-state index in [4.69, 9.17) is 4.74 Å². The number of anilines is 1. The average molecular weight is 503 g/mol. The van der Waals surface area contributed by atoms with Crippen LogP contribution in [0.2, 0.25) is 0 Å². The number of aryl methyl sites for hydroxylation is 1. The first-order chi connectivity index (χ1) is 18.0. The topological polar surface area (TPSA) is 78.9 Å². The number of rotatable bonds is 8. The summed E-state index contributed by atoms with van der Waals surface area (Å²) in [6.45, 7) is 4.21. The van der Waals surface area contributed by atoms with Gasteiger partial charge in [0.1, 0.15) is 5.75 Å². The summed E-state index contributed by atoms with van der Waals surface area (Å²) in [5, 5.41) is 13.1. The molecule has 6 nitrogen and oxygen atoms in total. The van der Waals surface area contributed by atoms with Crippen molar-refractivity contribution in [1.29, 1.82) is 0 Å². The third-order valence-electron chi connectivity index (χ3n) is 8.70. The van der Waals surface area contributed by atoms with Crippen molar-refractivity contribution >= 4 is 17.6 Å². The first-order valence-corrected chi connectivity index (χ1v) is 13.8. The molecular formula is C31H38N2O4. The third kappa shape index (κ3) is 5.45. The molecule has 196 valence electrons. The van der Waals surface area contributed by atoms with E-state index in [1.54, 1.807) is 6.92 Å². The molecule has 1 saturated carbocycles. The van der Waals surface area contributed by atoms with Crippen LogP contribution in [0.1, 0.15) is 62.1 Å². The molecule has 3 atom stereocenters. The number of esters is 1. The molecule has 1 heterocycles. The lowest BCUT2D eigenvalue weighted by molar-refractivity contribution is -0.137. The molecule has 5 rings (SSSR count). The van der Waals surface area contributed by atoms with Crippen molar-refractivity contribution in [2.24, 2.45) is 5.92 Å². The van der Waals surface area contributed by atoms with Gasteiger partial charge >= 0.3 is 5.97 Å². The second kappa shape index (κ2) is 11.1. The van der Waals surface area contributed by atoms with Crippen LogP contribution in [0, 0.1) is 5.92 Å². The van der Waals surface area contributed by atoms with Crippen molar-refractivity contribution in [3.05, 3.63) is 71.3 Å². The van der Waals surface area contributed by atoms with Gasteiger partial charge in [-0.15, -0.1) is 0 Å². The number of amides is 1. The number of likely N-dealkylation sites (tertiary alicyclic amines) is 1. The van der Waals surface area contributed by atoms with Crippen LogP contribution in [0.3, 0.4) is 0 Å². The minimum absolute atomic E-state index is 0.250. The molecular weight excluding hydrogens is 464 g/mol. The van der Waals surface area contributed by atoms with Gasteiger partial charge in [-0.05, 0) is 105 Å². The second-order valence-corrected chi connectivity index (χ2v) is 10.8. The number of phenols is 1. The Hall–Kier alpha value is -3.12. The lowest BCUT2D eigenvalue weighted by atomic mass is 9.52. The Morgan fingerprint density at radius 2 is 2.05 bits per heavy atom. The van der Waals surface area contributed by atoms with E-state index >= 15 is 0 Å². The van der Waals surface area contributed by atoms with Crippen LogP contribution < -0.4 is 5.32 Å². The summed E-state index contributed by atoms with van der Waals surface area (Å²) in [4.78, 5) is 26.3. The highest BCUT2D eigenvalue weighted by molar-refractivity contribution is 6.02. The molecule has 2 N–H and O–H groups in total. The van der Waals surface area contributed by atoms with Crippen molar-refractivity contribution < 1.29 is 19.4 Å². The Labute approximate surface area is 219 Å². The lowest BCUT2D eigenvalue weighted by Gasteiger charge is -2.59. The van der Waals surface area contributed by atoms with Gasteiger partial charge in [0, 0.05) is 29.3 Å². The monoisotopic (exact) mass is 502 g/mol. The summed E-state index contributed by atoms with van der Waals surface area (Å²) in [5.41, 5.74) is 5.05. The predicted octanol–water partition coefficient (Wildman–Crippen LogP) is 5.14. The van der Waals surface area contributed by atoms with E-state index in [0.717, 1.165) is 44.1 Å². The highest BCUT2D eigenvalue weighted by Crippen LogP contribution is 2.56. The number of hydrogen-bond acceptors (Lipinski definition) is 5. The first-order valence-electron chi connectivity index (χ1n) is 13.8. The van der Waals surface area contributed by atoms with Crippen molar-refractivity contribution in [2.45, 2.75) is 69.7 Å². The molecule has 0 radical (unpaired) electrons. The Balaban J connectivity index is 1.20. The van der Waals surface area contributed by atoms with Gasteiger partial charge in [0.25, 0.3) is 0 Å². The van der Waals surface area contributed by atoms with E-state index in [1.165, 1.54) is 54.9 Å². The van der Waals surface area contributed by atoms with E-state index in [1.807, 2.05) is 24.3 Å². The summed E-state index contributed by atoms with van der Waals surface area (Å²) in [6, 6.07) is 14.6. The molecule has 0 aromatic heterocycles. The number of nitrogens with zero attached hydrogens (tertiary/aromatic N) is 1. The van der Waals surface area contributed by atoms with Gasteiger partial charge in [-0.3, -0.25) is 9.69 Å². The Bertz CT molecular complexity index is 1180. The smallest absolute Gasteiger partial charge is 0.330 e. The summed E-state index contributed by atoms with van der Waals surface area (Å²) >= 11 is 0. The fourth-order valence-electron chi connectivity index (χ4n) is 7.16. The highest BCUT2D eigenvalue weighted by Gasteiger charge is 2.53. The molecule has 2 fully saturated rings. The van der Waals surface area contributed by atoms with Crippen molar-refractivity contribution in [3.63, 3.8) is 0 Å². The van der Waals surface area contributed by atoms with E-state index in [-0.39, 0.29) is 17.9 Å². The maximum absolute atomic E-state index is 12.1. The zero-order valence-electron chi connectivity index (χ0n) is 21.7. The third-order valence-corrected chi connectivity index (χ3v) is 8.70. The van der Waals surface area contributed by atoms with E-state index in [2.05, 4.69) is 28.4 Å². The van der Waals surface area contributed by atoms with E-state index in [9.17, 15) is 14.7 Å². The number of fused-ring (bicyclic) bond motifs is 1. The van der Waals surface area contributed by atoms with Gasteiger partial charge in [0.15, 0.2) is 0 Å². The normalized spacial score (nSPS) is 24.8. The zero-order chi connectivity index (χ0) is 25.8. The van der Waals surface area contributed by atoms with Gasteiger partial charge in [0.05, 0.1) is 6.61 Å². The number of ether oxygens (including phenoxy) is 1. The van der Waals surface area contributed by atoms with Crippen LogP contribution >= 0.6 is 0 Å². The average Bonchev–Trinajstić information content (AvgIpc) is 2.89. The predicted molar refractivity (Wildman–Crippen MR) is 145 cm³/mol. The first kappa shape index (κ1) is 25.5. The number of nitrogens with one attached hydrogen (secondary N) is 1. The Kier molecular flexibility index (Phi) is 7.65. The van der Waals surface area contributed by atoms with Gasteiger partial charge in [-0.1, -0.05) is 31.0 Å². The zero-order valence-corrected chi connectivity index (χ0v) is 21.7. The van der Waals surface area contributed by atoms with Crippen molar-refractivity contribution in [3.8, 4) is 5.75 Å². The standard InChI is InChI=1S/C31H38N2O4/c1-2-37-30(36)14-13-29(35)32-24-9-5-7-22(19-24)8-6-17-33-18-16-31-15-4-3-10-26(31)28(33)20-23-11-12-25(34)21-27(23)31/h5,7,9,11-14,19,21,26,28,34H,2-4,6,8,10,15-18,20H2,1H3,(H,32,35)/b14-13-/t26-,28+,31+/m0/s1. The maximum atomic E-state index is 12.1. The number of carbonyl (C=O) groups is 2. The molecule has 1 aliphatic heterocycles. The maximum Gasteiger partial charge on any atom is 0.330 e. The largest absolute Gasteiger partial charge is 0.508 e. The summed E-state index contributed by atoms with van der Waals surface area (Å²) in [7, 11) is 0. The Morgan fingerprint density at radius 3 is 2.92 bits per heavy atom. The SMILES string of the molecule is CCOC(=O)/C=C\C(=O)Nc1cccc(CCCN2CC[C@]34CCCC[C@H]3[C@H]2Cc2ccc(O)cc24)c1. The molecule has 0 spiro atoms. The van der Waals surface area contributed by atoms with Gasteiger partial charge in [0.2, 0.25) is 5.91 Å². The number of phenolic OH excluding ortho intramolecular Hbond substituents is 1. The van der Waals surface area contributed by atoms with Crippen LogP contribution in [-0.2, 0) is 32.6 Å². The van der Waals surface area contributed by atoms with Gasteiger partial charge < -0.3 is 15.2 Å². The molecule has 2 bridgehead atoms. The van der Waals surface area contributed by atoms with Crippen LogP contribution in [0.5, 0.6) is 5.75 Å². The molecule has 2 aromatic carbocycles. The number of carbonyl (C=O) groups excluding carboxylic acids is 2. The van der Waals surface area contributed by atoms with Crippen molar-refractivity contribution in [1.82, 2.24) is 4.90 Å². The molecule has 1 saturated heterocycles. The van der Waals surface area contributed by atoms with Gasteiger partial charge in [-0.25, -0.2) is 4.79 Å². The molecule has 2 aliphatic carbocycles. The van der Waals surface area contributed by atoms with Crippen LogP contribution in [0.4, 0.5) is 5.69 Å². The van der Waals surface area contributed by atoms with Crippen molar-refractivity contribution in [2.75, 3.05) is 25.0 Å². The van der Waals surface area contributed by atoms with Crippen LogP contribution in [0.25, 0.3) is 0 Å². The summed E-state index contributed by atoms with van der Waals surface area (Å²) in [5.74, 6) is 0.229. The molecule has 37 heavy (non-hydrogen) atoms. The minimum Gasteiger partial charge on any atom is -0.508 e. The number of benzene rings is 2. The van der Waals surface area contributed by atoms with Gasteiger partial charge in [-0.2, -0.15) is 0 Å². The second-order valence-electron chi connectivity index (χ2n) is 10.8. The van der Waals surface area contributed by atoms with E-state index in [0.29, 0.717) is 17.7 Å². The fraction of sp³-hybridized carbons (Fsp3) is 0.484. The van der Waals surface area contributed by atoms with E-state index < -0.39 is 5.97 Å². The minimum atomic E-state index is -0.519. The lowest BCUT2D eigenvalue weighted by Crippen LogP contribution is -2.61. The summed E-state index contributed by atoms with van der Waals surface area (Å²) < 4.78 is 4.81. The molecule has 6 heteroatoms. The quantitative estimate of drug-likeness (QED) is 0.386. The molecule has 3 aliphatic rings. The fourth-order valence-corrected chi connectivity index (χ4v) is 7.16.